The zero-order chi connectivity index (χ0) is 24.0. The Kier molecular flexibility index (Phi) is 5.66. The Bertz CT molecular complexity index is 1410. The molecular weight excluding hydrogens is 436 g/mol. The highest BCUT2D eigenvalue weighted by Crippen LogP contribution is 2.35. The average Bonchev–Trinajstić information content (AvgIpc) is 3.13. The van der Waals surface area contributed by atoms with Gasteiger partial charge in [0, 0.05) is 6.07 Å². The molecule has 172 valence electrons. The van der Waals surface area contributed by atoms with Gasteiger partial charge < -0.3 is 4.74 Å². The number of aromatic nitrogens is 3. The van der Waals surface area contributed by atoms with Gasteiger partial charge in [0.2, 0.25) is 11.8 Å². The van der Waals surface area contributed by atoms with Crippen LogP contribution in [0.15, 0.2) is 59.5 Å². The van der Waals surface area contributed by atoms with E-state index in [1.165, 1.54) is 12.1 Å². The molecule has 0 atom stereocenters. The quantitative estimate of drug-likeness (QED) is 0.419. The van der Waals surface area contributed by atoms with Crippen molar-refractivity contribution in [2.24, 2.45) is 0 Å². The number of benzene rings is 2. The molecule has 2 aromatic heterocycles. The average molecular weight is 465 g/mol. The molecule has 7 nitrogen and oxygen atoms in total. The first-order valence-electron chi connectivity index (χ1n) is 10.7. The van der Waals surface area contributed by atoms with E-state index in [0.717, 1.165) is 28.0 Å². The molecule has 4 rings (SSSR count). The third-order valence-electron chi connectivity index (χ3n) is 5.43. The van der Waals surface area contributed by atoms with E-state index in [2.05, 4.69) is 47.8 Å². The standard InChI is InChI=1S/C25H28N4O3S/c1-16-12-17(2)23(18(3)13-16)32-22-15-19(25(4,5)6)14-21-26-27-24(29(21)22)28-33(30,31)20-10-8-7-9-11-20/h7-15H,1-6H3,(H,27,28). The van der Waals surface area contributed by atoms with E-state index in [-0.39, 0.29) is 16.3 Å². The van der Waals surface area contributed by atoms with E-state index in [1.54, 1.807) is 22.6 Å². The fourth-order valence-electron chi connectivity index (χ4n) is 3.77. The molecule has 1 N–H and O–H groups in total. The fourth-order valence-corrected chi connectivity index (χ4v) is 4.78. The number of pyridine rings is 1. The minimum absolute atomic E-state index is 0.0618. The molecule has 0 spiro atoms. The number of ether oxygens (including phenoxy) is 1. The molecule has 0 aliphatic heterocycles. The minimum Gasteiger partial charge on any atom is -0.440 e. The van der Waals surface area contributed by atoms with Crippen molar-refractivity contribution in [1.29, 1.82) is 0 Å². The third-order valence-corrected chi connectivity index (χ3v) is 6.77. The zero-order valence-electron chi connectivity index (χ0n) is 19.7. The molecule has 0 saturated heterocycles. The first-order chi connectivity index (χ1) is 15.5. The summed E-state index contributed by atoms with van der Waals surface area (Å²) in [7, 11) is -3.85. The lowest BCUT2D eigenvalue weighted by molar-refractivity contribution is 0.446. The number of anilines is 1. The van der Waals surface area contributed by atoms with Crippen LogP contribution in [0.3, 0.4) is 0 Å². The number of sulfonamides is 1. The Morgan fingerprint density at radius 2 is 1.55 bits per heavy atom. The van der Waals surface area contributed by atoms with Crippen LogP contribution in [0, 0.1) is 20.8 Å². The molecule has 0 radical (unpaired) electrons. The summed E-state index contributed by atoms with van der Waals surface area (Å²) in [5, 5.41) is 8.37. The van der Waals surface area contributed by atoms with Gasteiger partial charge in [-0.15, -0.1) is 10.2 Å². The summed E-state index contributed by atoms with van der Waals surface area (Å²) in [5.74, 6) is 1.22. The minimum atomic E-state index is -3.85. The Morgan fingerprint density at radius 1 is 0.909 bits per heavy atom. The molecule has 2 heterocycles. The van der Waals surface area contributed by atoms with Crippen molar-refractivity contribution in [3.63, 3.8) is 0 Å². The SMILES string of the molecule is Cc1cc(C)c(Oc2cc(C(C)(C)C)cc3nnc(NS(=O)(=O)c4ccccc4)n23)c(C)c1. The molecule has 33 heavy (non-hydrogen) atoms. The summed E-state index contributed by atoms with van der Waals surface area (Å²) in [4.78, 5) is 0.140. The highest BCUT2D eigenvalue weighted by Gasteiger charge is 2.23. The van der Waals surface area contributed by atoms with Crippen molar-refractivity contribution in [1.82, 2.24) is 14.6 Å². The Balaban J connectivity index is 1.88. The Labute approximate surface area is 194 Å². The summed E-state index contributed by atoms with van der Waals surface area (Å²) in [6, 6.07) is 16.1. The van der Waals surface area contributed by atoms with E-state index >= 15 is 0 Å². The predicted octanol–water partition coefficient (Wildman–Crippen LogP) is 5.55. The van der Waals surface area contributed by atoms with E-state index in [1.807, 2.05) is 32.9 Å². The van der Waals surface area contributed by atoms with Crippen molar-refractivity contribution in [3.05, 3.63) is 76.9 Å². The maximum Gasteiger partial charge on any atom is 0.264 e. The summed E-state index contributed by atoms with van der Waals surface area (Å²) < 4.78 is 36.5. The summed E-state index contributed by atoms with van der Waals surface area (Å²) in [5.41, 5.74) is 4.43. The number of hydrogen-bond donors (Lipinski definition) is 1. The molecule has 8 heteroatoms. The predicted molar refractivity (Wildman–Crippen MR) is 130 cm³/mol. The van der Waals surface area contributed by atoms with Gasteiger partial charge in [0.05, 0.1) is 4.90 Å². The van der Waals surface area contributed by atoms with Crippen LogP contribution >= 0.6 is 0 Å². The second kappa shape index (κ2) is 8.19. The molecule has 0 amide bonds. The van der Waals surface area contributed by atoms with Crippen LogP contribution in [0.25, 0.3) is 5.65 Å². The molecule has 0 saturated carbocycles. The van der Waals surface area contributed by atoms with Gasteiger partial charge in [-0.3, -0.25) is 0 Å². The van der Waals surface area contributed by atoms with E-state index < -0.39 is 10.0 Å². The van der Waals surface area contributed by atoms with Crippen molar-refractivity contribution in [3.8, 4) is 11.6 Å². The Hall–Kier alpha value is -3.39. The van der Waals surface area contributed by atoms with E-state index in [0.29, 0.717) is 11.5 Å². The van der Waals surface area contributed by atoms with Gasteiger partial charge in [0.1, 0.15) is 5.75 Å². The van der Waals surface area contributed by atoms with Crippen LogP contribution in [0.1, 0.15) is 43.0 Å². The molecule has 0 bridgehead atoms. The van der Waals surface area contributed by atoms with Crippen LogP contribution in [0.5, 0.6) is 11.6 Å². The zero-order valence-corrected chi connectivity index (χ0v) is 20.5. The summed E-state index contributed by atoms with van der Waals surface area (Å²) in [6.07, 6.45) is 0. The van der Waals surface area contributed by atoms with E-state index in [4.69, 9.17) is 4.74 Å². The van der Waals surface area contributed by atoms with Crippen molar-refractivity contribution < 1.29 is 13.2 Å². The number of hydrogen-bond acceptors (Lipinski definition) is 5. The van der Waals surface area contributed by atoms with Gasteiger partial charge in [0.25, 0.3) is 10.0 Å². The number of nitrogens with zero attached hydrogens (tertiary/aromatic N) is 3. The van der Waals surface area contributed by atoms with Crippen molar-refractivity contribution in [2.75, 3.05) is 4.72 Å². The van der Waals surface area contributed by atoms with Crippen LogP contribution in [0.4, 0.5) is 5.95 Å². The van der Waals surface area contributed by atoms with Crippen molar-refractivity contribution >= 4 is 21.6 Å². The number of aryl methyl sites for hydroxylation is 3. The van der Waals surface area contributed by atoms with Crippen LogP contribution in [-0.2, 0) is 15.4 Å². The molecule has 0 aliphatic carbocycles. The van der Waals surface area contributed by atoms with Crippen molar-refractivity contribution in [2.45, 2.75) is 51.9 Å². The highest BCUT2D eigenvalue weighted by molar-refractivity contribution is 7.92. The highest BCUT2D eigenvalue weighted by atomic mass is 32.2. The van der Waals surface area contributed by atoms with Gasteiger partial charge in [-0.2, -0.15) is 0 Å². The first-order valence-corrected chi connectivity index (χ1v) is 12.2. The summed E-state index contributed by atoms with van der Waals surface area (Å²) in [6.45, 7) is 12.3. The smallest absolute Gasteiger partial charge is 0.264 e. The normalized spacial score (nSPS) is 12.2. The van der Waals surface area contributed by atoms with Crippen LogP contribution in [-0.4, -0.2) is 23.0 Å². The van der Waals surface area contributed by atoms with Gasteiger partial charge in [-0.05, 0) is 61.1 Å². The maximum atomic E-state index is 13.0. The second-order valence-electron chi connectivity index (χ2n) is 9.30. The lowest BCUT2D eigenvalue weighted by Crippen LogP contribution is -2.16. The van der Waals surface area contributed by atoms with Gasteiger partial charge in [-0.25, -0.2) is 17.5 Å². The topological polar surface area (TPSA) is 85.6 Å². The third kappa shape index (κ3) is 4.57. The molecule has 0 fully saturated rings. The fraction of sp³-hybridized carbons (Fsp3) is 0.280. The lowest BCUT2D eigenvalue weighted by Gasteiger charge is -2.21. The molecule has 2 aromatic carbocycles. The number of rotatable bonds is 5. The molecule has 4 aromatic rings. The van der Waals surface area contributed by atoms with Gasteiger partial charge >= 0.3 is 0 Å². The number of fused-ring (bicyclic) bond motifs is 1. The molecule has 0 unspecified atom stereocenters. The number of nitrogens with one attached hydrogen (secondary N) is 1. The summed E-state index contributed by atoms with van der Waals surface area (Å²) >= 11 is 0. The first kappa shape index (κ1) is 22.8. The largest absolute Gasteiger partial charge is 0.440 e. The molecule has 0 aliphatic rings. The Morgan fingerprint density at radius 3 is 2.15 bits per heavy atom. The van der Waals surface area contributed by atoms with E-state index in [9.17, 15) is 8.42 Å². The lowest BCUT2D eigenvalue weighted by atomic mass is 9.88. The monoisotopic (exact) mass is 464 g/mol. The maximum absolute atomic E-state index is 13.0. The van der Waals surface area contributed by atoms with Crippen LogP contribution in [0.2, 0.25) is 0 Å². The van der Waals surface area contributed by atoms with Crippen LogP contribution < -0.4 is 9.46 Å². The molecular formula is C25H28N4O3S. The second-order valence-corrected chi connectivity index (χ2v) is 11.0. The van der Waals surface area contributed by atoms with Gasteiger partial charge in [0.15, 0.2) is 5.65 Å². The van der Waals surface area contributed by atoms with Gasteiger partial charge in [-0.1, -0.05) is 56.7 Å².